The lowest BCUT2D eigenvalue weighted by Crippen LogP contribution is -2.17. The van der Waals surface area contributed by atoms with Crippen LogP contribution in [0.15, 0.2) is 30.3 Å². The van der Waals surface area contributed by atoms with Gasteiger partial charge in [-0.3, -0.25) is 0 Å². The van der Waals surface area contributed by atoms with Crippen LogP contribution in [0.3, 0.4) is 0 Å². The van der Waals surface area contributed by atoms with Crippen molar-refractivity contribution in [3.63, 3.8) is 0 Å². The van der Waals surface area contributed by atoms with E-state index in [0.29, 0.717) is 12.6 Å². The minimum absolute atomic E-state index is 0.567. The molecule has 0 radical (unpaired) electrons. The smallest absolute Gasteiger partial charge is 0.229 e. The van der Waals surface area contributed by atoms with Crippen molar-refractivity contribution in [3.05, 3.63) is 36.0 Å². The molecule has 2 rings (SSSR count). The molecule has 0 unspecified atom stereocenters. The number of ether oxygens (including phenoxy) is 1. The highest BCUT2D eigenvalue weighted by atomic mass is 16.5. The van der Waals surface area contributed by atoms with Crippen molar-refractivity contribution in [1.82, 2.24) is 14.9 Å². The fourth-order valence-electron chi connectivity index (χ4n) is 2.30. The van der Waals surface area contributed by atoms with Crippen molar-refractivity contribution >= 4 is 17.5 Å². The van der Waals surface area contributed by atoms with Gasteiger partial charge in [-0.25, -0.2) is 4.98 Å². The van der Waals surface area contributed by atoms with Gasteiger partial charge in [0.15, 0.2) is 0 Å². The molecule has 24 heavy (non-hydrogen) atoms. The Morgan fingerprint density at radius 1 is 1.17 bits per heavy atom. The van der Waals surface area contributed by atoms with E-state index in [0.717, 1.165) is 42.5 Å². The first-order valence-corrected chi connectivity index (χ1v) is 8.31. The lowest BCUT2D eigenvalue weighted by atomic mass is 10.3. The number of benzene rings is 1. The summed E-state index contributed by atoms with van der Waals surface area (Å²) in [6.07, 6.45) is 1.06. The molecule has 0 spiro atoms. The number of aryl methyl sites for hydroxylation is 1. The van der Waals surface area contributed by atoms with Gasteiger partial charge in [0.05, 0.1) is 12.3 Å². The highest BCUT2D eigenvalue weighted by Crippen LogP contribution is 2.26. The van der Waals surface area contributed by atoms with Gasteiger partial charge in [0.25, 0.3) is 0 Å². The standard InChI is InChI=1S/C18H27N5O/c1-5-24-16-10-7-6-9-15(16)21-18-20-14(2)13-17(22-18)19-11-8-12-23(3)4/h6-7,9-10,13H,5,8,11-12H2,1-4H3,(H2,19,20,21,22). The maximum absolute atomic E-state index is 5.63. The SMILES string of the molecule is CCOc1ccccc1Nc1nc(C)cc(NCCCN(C)C)n1. The summed E-state index contributed by atoms with van der Waals surface area (Å²) in [6.45, 7) is 6.47. The van der Waals surface area contributed by atoms with Gasteiger partial charge in [-0.15, -0.1) is 0 Å². The first-order chi connectivity index (χ1) is 11.6. The van der Waals surface area contributed by atoms with Crippen LogP contribution in [0.25, 0.3) is 0 Å². The molecule has 6 heteroatoms. The molecule has 2 N–H and O–H groups in total. The van der Waals surface area contributed by atoms with Crippen LogP contribution in [0, 0.1) is 6.92 Å². The molecular formula is C18H27N5O. The van der Waals surface area contributed by atoms with E-state index in [4.69, 9.17) is 4.74 Å². The van der Waals surface area contributed by atoms with Crippen LogP contribution in [-0.2, 0) is 0 Å². The number of nitrogens with one attached hydrogen (secondary N) is 2. The topological polar surface area (TPSA) is 62.3 Å². The largest absolute Gasteiger partial charge is 0.492 e. The zero-order valence-electron chi connectivity index (χ0n) is 15.0. The zero-order chi connectivity index (χ0) is 17.4. The number of nitrogens with zero attached hydrogens (tertiary/aromatic N) is 3. The van der Waals surface area contributed by atoms with Gasteiger partial charge in [-0.05, 0) is 53.0 Å². The molecule has 0 bridgehead atoms. The van der Waals surface area contributed by atoms with Gasteiger partial charge in [-0.2, -0.15) is 4.98 Å². The Labute approximate surface area is 144 Å². The molecule has 2 aromatic rings. The Bertz CT molecular complexity index is 645. The monoisotopic (exact) mass is 329 g/mol. The van der Waals surface area contributed by atoms with E-state index in [9.17, 15) is 0 Å². The predicted molar refractivity (Wildman–Crippen MR) is 99.3 cm³/mol. The normalized spacial score (nSPS) is 10.7. The van der Waals surface area contributed by atoms with Gasteiger partial charge in [0.1, 0.15) is 11.6 Å². The number of rotatable bonds is 9. The van der Waals surface area contributed by atoms with E-state index in [1.54, 1.807) is 0 Å². The zero-order valence-corrected chi connectivity index (χ0v) is 15.0. The molecule has 6 nitrogen and oxygen atoms in total. The number of para-hydroxylation sites is 2. The fraction of sp³-hybridized carbons (Fsp3) is 0.444. The summed E-state index contributed by atoms with van der Waals surface area (Å²) in [5.74, 6) is 2.19. The average molecular weight is 329 g/mol. The van der Waals surface area contributed by atoms with Crippen LogP contribution in [0.2, 0.25) is 0 Å². The van der Waals surface area contributed by atoms with Crippen molar-refractivity contribution in [2.24, 2.45) is 0 Å². The Kier molecular flexibility index (Phi) is 6.81. The van der Waals surface area contributed by atoms with E-state index in [-0.39, 0.29) is 0 Å². The molecule has 0 aliphatic rings. The lowest BCUT2D eigenvalue weighted by molar-refractivity contribution is 0.342. The summed E-state index contributed by atoms with van der Waals surface area (Å²) >= 11 is 0. The molecule has 0 amide bonds. The minimum atomic E-state index is 0.567. The third-order valence-corrected chi connectivity index (χ3v) is 3.38. The highest BCUT2D eigenvalue weighted by Gasteiger charge is 2.07. The van der Waals surface area contributed by atoms with Crippen LogP contribution in [0.5, 0.6) is 5.75 Å². The maximum atomic E-state index is 5.63. The lowest BCUT2D eigenvalue weighted by Gasteiger charge is -2.13. The van der Waals surface area contributed by atoms with Crippen LogP contribution < -0.4 is 15.4 Å². The maximum Gasteiger partial charge on any atom is 0.229 e. The molecule has 0 aliphatic carbocycles. The summed E-state index contributed by atoms with van der Waals surface area (Å²) in [4.78, 5) is 11.2. The number of hydrogen-bond acceptors (Lipinski definition) is 6. The Morgan fingerprint density at radius 3 is 2.71 bits per heavy atom. The summed E-state index contributed by atoms with van der Waals surface area (Å²) < 4.78 is 5.63. The average Bonchev–Trinajstić information content (AvgIpc) is 2.53. The van der Waals surface area contributed by atoms with E-state index >= 15 is 0 Å². The Balaban J connectivity index is 2.05. The quantitative estimate of drug-likeness (QED) is 0.688. The third-order valence-electron chi connectivity index (χ3n) is 3.38. The first-order valence-electron chi connectivity index (χ1n) is 8.31. The van der Waals surface area contributed by atoms with Crippen molar-refractivity contribution in [1.29, 1.82) is 0 Å². The predicted octanol–water partition coefficient (Wildman–Crippen LogP) is 3.29. The summed E-state index contributed by atoms with van der Waals surface area (Å²) in [5, 5.41) is 6.61. The summed E-state index contributed by atoms with van der Waals surface area (Å²) in [7, 11) is 4.15. The van der Waals surface area contributed by atoms with Crippen molar-refractivity contribution < 1.29 is 4.74 Å². The van der Waals surface area contributed by atoms with Crippen molar-refractivity contribution in [2.75, 3.05) is 44.4 Å². The first kappa shape index (κ1) is 18.0. The Morgan fingerprint density at radius 2 is 1.96 bits per heavy atom. The molecule has 1 aromatic carbocycles. The molecule has 0 saturated carbocycles. The molecule has 0 fully saturated rings. The second-order valence-electron chi connectivity index (χ2n) is 5.86. The second-order valence-corrected chi connectivity index (χ2v) is 5.86. The molecule has 1 heterocycles. The van der Waals surface area contributed by atoms with Crippen molar-refractivity contribution in [2.45, 2.75) is 20.3 Å². The van der Waals surface area contributed by atoms with E-state index in [1.165, 1.54) is 0 Å². The molecule has 1 aromatic heterocycles. The molecular weight excluding hydrogens is 302 g/mol. The second kappa shape index (κ2) is 9.08. The van der Waals surface area contributed by atoms with Crippen LogP contribution in [-0.4, -0.2) is 48.7 Å². The summed E-state index contributed by atoms with van der Waals surface area (Å²) in [6, 6.07) is 9.75. The van der Waals surface area contributed by atoms with E-state index in [2.05, 4.69) is 39.6 Å². The number of hydrogen-bond donors (Lipinski definition) is 2. The van der Waals surface area contributed by atoms with Crippen molar-refractivity contribution in [3.8, 4) is 5.75 Å². The molecule has 0 atom stereocenters. The van der Waals surface area contributed by atoms with Crippen LogP contribution >= 0.6 is 0 Å². The fourth-order valence-corrected chi connectivity index (χ4v) is 2.30. The number of aromatic nitrogens is 2. The van der Waals surface area contributed by atoms with Gasteiger partial charge < -0.3 is 20.3 Å². The van der Waals surface area contributed by atoms with E-state index in [1.807, 2.05) is 44.2 Å². The third kappa shape index (κ3) is 5.70. The van der Waals surface area contributed by atoms with Crippen LogP contribution in [0.4, 0.5) is 17.5 Å². The molecule has 130 valence electrons. The van der Waals surface area contributed by atoms with Gasteiger partial charge >= 0.3 is 0 Å². The molecule has 0 aliphatic heterocycles. The number of anilines is 3. The van der Waals surface area contributed by atoms with Crippen LogP contribution in [0.1, 0.15) is 19.0 Å². The van der Waals surface area contributed by atoms with Gasteiger partial charge in [0.2, 0.25) is 5.95 Å². The van der Waals surface area contributed by atoms with Gasteiger partial charge in [0, 0.05) is 18.3 Å². The minimum Gasteiger partial charge on any atom is -0.492 e. The van der Waals surface area contributed by atoms with E-state index < -0.39 is 0 Å². The molecule has 0 saturated heterocycles. The Hall–Kier alpha value is -2.34. The highest BCUT2D eigenvalue weighted by molar-refractivity contribution is 5.63. The summed E-state index contributed by atoms with van der Waals surface area (Å²) in [5.41, 5.74) is 1.78. The van der Waals surface area contributed by atoms with Gasteiger partial charge in [-0.1, -0.05) is 12.1 Å².